The highest BCUT2D eigenvalue weighted by Crippen LogP contribution is 2.32. The van der Waals surface area contributed by atoms with Crippen LogP contribution in [0.1, 0.15) is 25.3 Å². The predicted molar refractivity (Wildman–Crippen MR) is 88.4 cm³/mol. The molecule has 120 valence electrons. The molecule has 1 aromatic rings. The Labute approximate surface area is 134 Å². The number of methoxy groups -OCH3 is 2. The molecule has 0 amide bonds. The molecule has 1 heterocycles. The molecule has 4 nitrogen and oxygen atoms in total. The summed E-state index contributed by atoms with van der Waals surface area (Å²) in [5.41, 5.74) is 7.18. The average Bonchev–Trinajstić information content (AvgIpc) is 2.47. The summed E-state index contributed by atoms with van der Waals surface area (Å²) in [6.45, 7) is 5.23. The molecule has 1 aliphatic rings. The van der Waals surface area contributed by atoms with Crippen LogP contribution in [0.3, 0.4) is 0 Å². The number of hydrogen-bond acceptors (Lipinski definition) is 4. The number of nitrogens with zero attached hydrogens (tertiary/aromatic N) is 1. The quantitative estimate of drug-likeness (QED) is 0.908. The van der Waals surface area contributed by atoms with Gasteiger partial charge in [0.15, 0.2) is 11.5 Å². The highest BCUT2D eigenvalue weighted by atomic mass is 35.5. The molecule has 5 heteroatoms. The maximum absolute atomic E-state index is 5.99. The lowest BCUT2D eigenvalue weighted by Crippen LogP contribution is -2.39. The molecule has 0 aliphatic carbocycles. The van der Waals surface area contributed by atoms with Gasteiger partial charge in [0.05, 0.1) is 14.2 Å². The van der Waals surface area contributed by atoms with Crippen molar-refractivity contribution in [3.63, 3.8) is 0 Å². The van der Waals surface area contributed by atoms with E-state index >= 15 is 0 Å². The number of para-hydroxylation sites is 1. The fourth-order valence-electron chi connectivity index (χ4n) is 2.96. The summed E-state index contributed by atoms with van der Waals surface area (Å²) in [4.78, 5) is 2.47. The topological polar surface area (TPSA) is 47.7 Å². The van der Waals surface area contributed by atoms with Gasteiger partial charge >= 0.3 is 0 Å². The molecule has 1 unspecified atom stereocenters. The Balaban J connectivity index is 0.00000220. The zero-order valence-electron chi connectivity index (χ0n) is 13.2. The number of rotatable bonds is 5. The molecule has 0 bridgehead atoms. The van der Waals surface area contributed by atoms with E-state index in [1.807, 2.05) is 12.1 Å². The van der Waals surface area contributed by atoms with Crippen molar-refractivity contribution in [3.8, 4) is 11.5 Å². The van der Waals surface area contributed by atoms with Gasteiger partial charge in [0.2, 0.25) is 0 Å². The van der Waals surface area contributed by atoms with Crippen LogP contribution in [0.4, 0.5) is 0 Å². The first-order valence-electron chi connectivity index (χ1n) is 7.33. The third-order valence-corrected chi connectivity index (χ3v) is 4.25. The first kappa shape index (κ1) is 18.1. The molecular weight excluding hydrogens is 288 g/mol. The van der Waals surface area contributed by atoms with Crippen molar-refractivity contribution in [1.29, 1.82) is 0 Å². The number of ether oxygens (including phenoxy) is 2. The standard InChI is InChI=1S/C16H26N2O2.ClH/c1-12(17)13-7-9-18(10-8-13)11-14-5-4-6-15(19-2)16(14)20-3;/h4-6,12-13H,7-11,17H2,1-3H3;1H. The van der Waals surface area contributed by atoms with Crippen LogP contribution in [0.25, 0.3) is 0 Å². The maximum Gasteiger partial charge on any atom is 0.165 e. The van der Waals surface area contributed by atoms with Crippen LogP contribution in [0.2, 0.25) is 0 Å². The summed E-state index contributed by atoms with van der Waals surface area (Å²) in [5, 5.41) is 0. The third kappa shape index (κ3) is 4.50. The normalized spacial score (nSPS) is 17.9. The van der Waals surface area contributed by atoms with Crippen molar-refractivity contribution < 1.29 is 9.47 Å². The number of halogens is 1. The lowest BCUT2D eigenvalue weighted by atomic mass is 9.91. The molecule has 1 atom stereocenters. The minimum Gasteiger partial charge on any atom is -0.493 e. The predicted octanol–water partition coefficient (Wildman–Crippen LogP) is 2.68. The third-order valence-electron chi connectivity index (χ3n) is 4.25. The molecule has 1 aliphatic heterocycles. The Morgan fingerprint density at radius 1 is 1.24 bits per heavy atom. The zero-order valence-corrected chi connectivity index (χ0v) is 14.0. The van der Waals surface area contributed by atoms with E-state index in [2.05, 4.69) is 17.9 Å². The second-order valence-electron chi connectivity index (χ2n) is 5.63. The summed E-state index contributed by atoms with van der Waals surface area (Å²) in [6, 6.07) is 6.37. The first-order valence-corrected chi connectivity index (χ1v) is 7.33. The number of likely N-dealkylation sites (tertiary alicyclic amines) is 1. The fourth-order valence-corrected chi connectivity index (χ4v) is 2.96. The highest BCUT2D eigenvalue weighted by molar-refractivity contribution is 5.85. The van der Waals surface area contributed by atoms with Crippen molar-refractivity contribution >= 4 is 12.4 Å². The van der Waals surface area contributed by atoms with Crippen molar-refractivity contribution in [2.24, 2.45) is 11.7 Å². The molecule has 1 saturated heterocycles. The molecule has 2 rings (SSSR count). The summed E-state index contributed by atoms with van der Waals surface area (Å²) in [6.07, 6.45) is 2.37. The molecule has 21 heavy (non-hydrogen) atoms. The van der Waals surface area contributed by atoms with Crippen LogP contribution in [-0.2, 0) is 6.54 Å². The van der Waals surface area contributed by atoms with E-state index in [9.17, 15) is 0 Å². The SMILES string of the molecule is COc1cccc(CN2CCC(C(C)N)CC2)c1OC.Cl. The Morgan fingerprint density at radius 3 is 2.43 bits per heavy atom. The lowest BCUT2D eigenvalue weighted by Gasteiger charge is -2.34. The number of piperidine rings is 1. The van der Waals surface area contributed by atoms with Gasteiger partial charge in [0.1, 0.15) is 0 Å². The summed E-state index contributed by atoms with van der Waals surface area (Å²) < 4.78 is 10.9. The van der Waals surface area contributed by atoms with Crippen LogP contribution in [0, 0.1) is 5.92 Å². The highest BCUT2D eigenvalue weighted by Gasteiger charge is 2.22. The minimum absolute atomic E-state index is 0. The van der Waals surface area contributed by atoms with Crippen molar-refractivity contribution in [2.75, 3.05) is 27.3 Å². The van der Waals surface area contributed by atoms with Crippen molar-refractivity contribution in [1.82, 2.24) is 4.90 Å². The van der Waals surface area contributed by atoms with Gasteiger partial charge in [-0.05, 0) is 44.8 Å². The molecule has 0 aromatic heterocycles. The van der Waals surface area contributed by atoms with Crippen LogP contribution < -0.4 is 15.2 Å². The number of nitrogens with two attached hydrogens (primary N) is 1. The average molecular weight is 315 g/mol. The molecule has 0 spiro atoms. The molecule has 1 aromatic carbocycles. The molecule has 2 N–H and O–H groups in total. The summed E-state index contributed by atoms with van der Waals surface area (Å²) in [7, 11) is 3.37. The van der Waals surface area contributed by atoms with Crippen LogP contribution in [0.5, 0.6) is 11.5 Å². The van der Waals surface area contributed by atoms with Crippen molar-refractivity contribution in [2.45, 2.75) is 32.4 Å². The fraction of sp³-hybridized carbons (Fsp3) is 0.625. The largest absolute Gasteiger partial charge is 0.493 e. The smallest absolute Gasteiger partial charge is 0.165 e. The second-order valence-corrected chi connectivity index (χ2v) is 5.63. The Kier molecular flexibility index (Phi) is 7.29. The second kappa shape index (κ2) is 8.47. The minimum atomic E-state index is 0. The van der Waals surface area contributed by atoms with Gasteiger partial charge in [0, 0.05) is 18.2 Å². The molecule has 1 fully saturated rings. The van der Waals surface area contributed by atoms with E-state index in [1.54, 1.807) is 14.2 Å². The number of benzene rings is 1. The summed E-state index contributed by atoms with van der Waals surface area (Å²) in [5.74, 6) is 2.32. The van der Waals surface area contributed by atoms with E-state index < -0.39 is 0 Å². The van der Waals surface area contributed by atoms with Gasteiger partial charge in [-0.1, -0.05) is 12.1 Å². The zero-order chi connectivity index (χ0) is 14.5. The van der Waals surface area contributed by atoms with E-state index in [0.717, 1.165) is 31.1 Å². The first-order chi connectivity index (χ1) is 9.65. The van der Waals surface area contributed by atoms with Crippen LogP contribution in [-0.4, -0.2) is 38.3 Å². The van der Waals surface area contributed by atoms with E-state index in [1.165, 1.54) is 18.4 Å². The van der Waals surface area contributed by atoms with Crippen LogP contribution in [0.15, 0.2) is 18.2 Å². The van der Waals surface area contributed by atoms with Crippen molar-refractivity contribution in [3.05, 3.63) is 23.8 Å². The Hall–Kier alpha value is -0.970. The van der Waals surface area contributed by atoms with E-state index in [0.29, 0.717) is 12.0 Å². The maximum atomic E-state index is 5.99. The van der Waals surface area contributed by atoms with Gasteiger partial charge in [-0.25, -0.2) is 0 Å². The Morgan fingerprint density at radius 2 is 1.90 bits per heavy atom. The van der Waals surface area contributed by atoms with Gasteiger partial charge in [-0.2, -0.15) is 0 Å². The molecular formula is C16H27ClN2O2. The molecule has 0 radical (unpaired) electrons. The van der Waals surface area contributed by atoms with E-state index in [4.69, 9.17) is 15.2 Å². The summed E-state index contributed by atoms with van der Waals surface area (Å²) >= 11 is 0. The van der Waals surface area contributed by atoms with E-state index in [-0.39, 0.29) is 12.4 Å². The molecule has 0 saturated carbocycles. The Bertz CT molecular complexity index is 432. The van der Waals surface area contributed by atoms with Gasteiger partial charge in [-0.3, -0.25) is 4.90 Å². The van der Waals surface area contributed by atoms with Crippen LogP contribution >= 0.6 is 12.4 Å². The number of hydrogen-bond donors (Lipinski definition) is 1. The van der Waals surface area contributed by atoms with Gasteiger partial charge < -0.3 is 15.2 Å². The monoisotopic (exact) mass is 314 g/mol. The lowest BCUT2D eigenvalue weighted by molar-refractivity contribution is 0.164. The van der Waals surface area contributed by atoms with Gasteiger partial charge in [0.25, 0.3) is 0 Å². The van der Waals surface area contributed by atoms with Gasteiger partial charge in [-0.15, -0.1) is 12.4 Å².